The average Bonchev–Trinajstić information content (AvgIpc) is 2.96. The van der Waals surface area contributed by atoms with Crippen LogP contribution in [0, 0.1) is 5.92 Å². The third-order valence-electron chi connectivity index (χ3n) is 4.86. The summed E-state index contributed by atoms with van der Waals surface area (Å²) in [4.78, 5) is 12.1. The highest BCUT2D eigenvalue weighted by molar-refractivity contribution is 7.91. The summed E-state index contributed by atoms with van der Waals surface area (Å²) < 4.78 is 28.3. The number of sulfone groups is 1. The molecule has 4 nitrogen and oxygen atoms in total. The third kappa shape index (κ3) is 3.93. The van der Waals surface area contributed by atoms with Gasteiger partial charge >= 0.3 is 5.97 Å². The van der Waals surface area contributed by atoms with Gasteiger partial charge in [0.05, 0.1) is 17.4 Å². The van der Waals surface area contributed by atoms with Crippen LogP contribution in [0.1, 0.15) is 31.4 Å². The number of ether oxygens (including phenoxy) is 1. The van der Waals surface area contributed by atoms with E-state index in [9.17, 15) is 13.2 Å². The Labute approximate surface area is 148 Å². The number of hydrogen-bond donors (Lipinski definition) is 0. The average molecular weight is 358 g/mol. The number of hydrogen-bond acceptors (Lipinski definition) is 4. The predicted octanol–water partition coefficient (Wildman–Crippen LogP) is 3.35. The number of benzene rings is 2. The van der Waals surface area contributed by atoms with E-state index in [1.54, 1.807) is 12.1 Å². The molecule has 1 unspecified atom stereocenters. The second kappa shape index (κ2) is 6.64. The molecular weight excluding hydrogens is 336 g/mol. The second-order valence-corrected chi connectivity index (χ2v) is 9.27. The van der Waals surface area contributed by atoms with Crippen molar-refractivity contribution in [3.63, 3.8) is 0 Å². The molecule has 0 radical (unpaired) electrons. The van der Waals surface area contributed by atoms with Gasteiger partial charge in [-0.25, -0.2) is 8.42 Å². The molecule has 0 saturated carbocycles. The van der Waals surface area contributed by atoms with Crippen molar-refractivity contribution < 1.29 is 17.9 Å². The van der Waals surface area contributed by atoms with Gasteiger partial charge in [0, 0.05) is 5.41 Å². The molecule has 0 bridgehead atoms. The first-order chi connectivity index (χ1) is 11.8. The van der Waals surface area contributed by atoms with E-state index in [1.165, 1.54) is 5.56 Å². The molecular formula is C20H22O4S. The summed E-state index contributed by atoms with van der Waals surface area (Å²) in [7, 11) is -3.09. The van der Waals surface area contributed by atoms with Gasteiger partial charge in [-0.1, -0.05) is 56.3 Å². The molecule has 25 heavy (non-hydrogen) atoms. The first-order valence-corrected chi connectivity index (χ1v) is 10.2. The fourth-order valence-corrected chi connectivity index (χ4v) is 4.87. The van der Waals surface area contributed by atoms with Crippen molar-refractivity contribution in [2.24, 2.45) is 5.92 Å². The van der Waals surface area contributed by atoms with Gasteiger partial charge < -0.3 is 4.74 Å². The SMILES string of the molecule is CC(C)(c1ccccc1)c1ccc(OC(=O)C2CCS(=O)(=O)C2)cc1. The smallest absolute Gasteiger partial charge is 0.315 e. The van der Waals surface area contributed by atoms with Crippen molar-refractivity contribution >= 4 is 15.8 Å². The molecule has 1 fully saturated rings. The van der Waals surface area contributed by atoms with Crippen molar-refractivity contribution in [2.75, 3.05) is 11.5 Å². The maximum atomic E-state index is 12.1. The lowest BCUT2D eigenvalue weighted by Gasteiger charge is -2.26. The Morgan fingerprint density at radius 2 is 1.60 bits per heavy atom. The third-order valence-corrected chi connectivity index (χ3v) is 6.62. The number of carbonyl (C=O) groups is 1. The quantitative estimate of drug-likeness (QED) is 0.621. The summed E-state index contributed by atoms with van der Waals surface area (Å²) in [5.74, 6) is -0.606. The van der Waals surface area contributed by atoms with Crippen LogP contribution >= 0.6 is 0 Å². The van der Waals surface area contributed by atoms with Crippen molar-refractivity contribution in [1.29, 1.82) is 0 Å². The molecule has 132 valence electrons. The molecule has 1 atom stereocenters. The molecule has 2 aromatic rings. The highest BCUT2D eigenvalue weighted by Gasteiger charge is 2.34. The Morgan fingerprint density at radius 1 is 1.00 bits per heavy atom. The van der Waals surface area contributed by atoms with E-state index in [4.69, 9.17) is 4.74 Å². The minimum absolute atomic E-state index is 0.0664. The molecule has 1 saturated heterocycles. The topological polar surface area (TPSA) is 60.4 Å². The molecule has 3 rings (SSSR count). The van der Waals surface area contributed by atoms with Crippen LogP contribution in [-0.2, 0) is 20.0 Å². The van der Waals surface area contributed by atoms with Gasteiger partial charge in [0.1, 0.15) is 5.75 Å². The molecule has 0 amide bonds. The number of carbonyl (C=O) groups excluding carboxylic acids is 1. The van der Waals surface area contributed by atoms with Gasteiger partial charge in [-0.3, -0.25) is 4.79 Å². The van der Waals surface area contributed by atoms with Gasteiger partial charge in [0.15, 0.2) is 9.84 Å². The Bertz CT molecular complexity index is 852. The van der Waals surface area contributed by atoms with Gasteiger partial charge in [-0.15, -0.1) is 0 Å². The molecule has 2 aromatic carbocycles. The van der Waals surface area contributed by atoms with Crippen molar-refractivity contribution in [3.05, 3.63) is 65.7 Å². The van der Waals surface area contributed by atoms with Gasteiger partial charge in [0.2, 0.25) is 0 Å². The summed E-state index contributed by atoms with van der Waals surface area (Å²) in [5, 5.41) is 0. The minimum atomic E-state index is -3.09. The van der Waals surface area contributed by atoms with Crippen LogP contribution in [0.5, 0.6) is 5.75 Å². The molecule has 0 aromatic heterocycles. The Morgan fingerprint density at radius 3 is 2.16 bits per heavy atom. The van der Waals surface area contributed by atoms with E-state index in [1.807, 2.05) is 30.3 Å². The van der Waals surface area contributed by atoms with Crippen LogP contribution in [-0.4, -0.2) is 25.9 Å². The number of esters is 1. The summed E-state index contributed by atoms with van der Waals surface area (Å²) >= 11 is 0. The molecule has 0 aliphatic carbocycles. The van der Waals surface area contributed by atoms with E-state index >= 15 is 0 Å². The van der Waals surface area contributed by atoms with E-state index in [0.717, 1.165) is 5.56 Å². The van der Waals surface area contributed by atoms with Crippen LogP contribution in [0.3, 0.4) is 0 Å². The highest BCUT2D eigenvalue weighted by Crippen LogP contribution is 2.32. The minimum Gasteiger partial charge on any atom is -0.426 e. The molecule has 1 aliphatic heterocycles. The zero-order valence-corrected chi connectivity index (χ0v) is 15.3. The zero-order chi connectivity index (χ0) is 18.1. The van der Waals surface area contributed by atoms with E-state index < -0.39 is 21.7 Å². The normalized spacial score (nSPS) is 19.5. The summed E-state index contributed by atoms with van der Waals surface area (Å²) in [6, 6.07) is 17.6. The lowest BCUT2D eigenvalue weighted by atomic mass is 9.78. The first kappa shape index (κ1) is 17.7. The van der Waals surface area contributed by atoms with Gasteiger partial charge in [-0.2, -0.15) is 0 Å². The molecule has 1 aliphatic rings. The predicted molar refractivity (Wildman–Crippen MR) is 97.4 cm³/mol. The number of rotatable bonds is 4. The van der Waals surface area contributed by atoms with Gasteiger partial charge in [-0.05, 0) is 29.7 Å². The van der Waals surface area contributed by atoms with Crippen LogP contribution in [0.15, 0.2) is 54.6 Å². The fourth-order valence-electron chi connectivity index (χ4n) is 3.14. The Kier molecular flexibility index (Phi) is 4.69. The lowest BCUT2D eigenvalue weighted by molar-refractivity contribution is -0.138. The summed E-state index contributed by atoms with van der Waals surface area (Å²) in [5.41, 5.74) is 2.15. The Balaban J connectivity index is 1.71. The Hall–Kier alpha value is -2.14. The standard InChI is InChI=1S/C20H22O4S/c1-20(2,16-6-4-3-5-7-16)17-8-10-18(11-9-17)24-19(21)15-12-13-25(22,23)14-15/h3-11,15H,12-14H2,1-2H3. The molecule has 0 N–H and O–H groups in total. The van der Waals surface area contributed by atoms with Crippen LogP contribution in [0.4, 0.5) is 0 Å². The fraction of sp³-hybridized carbons (Fsp3) is 0.350. The van der Waals surface area contributed by atoms with Crippen molar-refractivity contribution in [3.8, 4) is 5.75 Å². The highest BCUT2D eigenvalue weighted by atomic mass is 32.2. The van der Waals surface area contributed by atoms with E-state index in [0.29, 0.717) is 12.2 Å². The summed E-state index contributed by atoms with van der Waals surface area (Å²) in [6.07, 6.45) is 0.348. The molecule has 5 heteroatoms. The van der Waals surface area contributed by atoms with Crippen LogP contribution < -0.4 is 4.74 Å². The maximum Gasteiger partial charge on any atom is 0.315 e. The van der Waals surface area contributed by atoms with Crippen molar-refractivity contribution in [2.45, 2.75) is 25.7 Å². The first-order valence-electron chi connectivity index (χ1n) is 8.36. The van der Waals surface area contributed by atoms with E-state index in [2.05, 4.69) is 26.0 Å². The largest absolute Gasteiger partial charge is 0.426 e. The molecule has 1 heterocycles. The maximum absolute atomic E-state index is 12.1. The molecule has 0 spiro atoms. The van der Waals surface area contributed by atoms with Crippen molar-refractivity contribution in [1.82, 2.24) is 0 Å². The summed E-state index contributed by atoms with van der Waals surface area (Å²) in [6.45, 7) is 4.29. The van der Waals surface area contributed by atoms with E-state index in [-0.39, 0.29) is 16.9 Å². The van der Waals surface area contributed by atoms with Crippen LogP contribution in [0.25, 0.3) is 0 Å². The van der Waals surface area contributed by atoms with Gasteiger partial charge in [0.25, 0.3) is 0 Å². The second-order valence-electron chi connectivity index (χ2n) is 7.04. The monoisotopic (exact) mass is 358 g/mol. The van der Waals surface area contributed by atoms with Crippen LogP contribution in [0.2, 0.25) is 0 Å². The lowest BCUT2D eigenvalue weighted by Crippen LogP contribution is -2.22. The zero-order valence-electron chi connectivity index (χ0n) is 14.4.